The van der Waals surface area contributed by atoms with Gasteiger partial charge in [-0.15, -0.1) is 11.6 Å². The quantitative estimate of drug-likeness (QED) is 0.309. The smallest absolute Gasteiger partial charge is 0.335 e. The Morgan fingerprint density at radius 3 is 2.81 bits per heavy atom. The van der Waals surface area contributed by atoms with Crippen molar-refractivity contribution in [3.05, 3.63) is 41.6 Å². The van der Waals surface area contributed by atoms with Crippen molar-refractivity contribution >= 4 is 29.2 Å². The number of rotatable bonds is 7. The van der Waals surface area contributed by atoms with Crippen LogP contribution in [-0.2, 0) is 4.79 Å². The number of nitrogens with one attached hydrogen (secondary N) is 2. The summed E-state index contributed by atoms with van der Waals surface area (Å²) in [6, 6.07) is 7.55. The first-order chi connectivity index (χ1) is 10.1. The van der Waals surface area contributed by atoms with E-state index in [1.807, 2.05) is 0 Å². The molecule has 0 radical (unpaired) electrons. The van der Waals surface area contributed by atoms with E-state index >= 15 is 0 Å². The predicted molar refractivity (Wildman–Crippen MR) is 79.1 cm³/mol. The fourth-order valence-corrected chi connectivity index (χ4v) is 1.55. The van der Waals surface area contributed by atoms with Crippen LogP contribution in [0.4, 0.5) is 5.69 Å². The van der Waals surface area contributed by atoms with Crippen LogP contribution >= 0.6 is 11.6 Å². The number of benzene rings is 1. The molecule has 0 aliphatic carbocycles. The number of hydrogen-bond donors (Lipinski definition) is 3. The molecule has 0 saturated heterocycles. The first kappa shape index (κ1) is 16.5. The average molecular weight is 308 g/mol. The number of carbonyl (C=O) groups is 2. The van der Waals surface area contributed by atoms with Gasteiger partial charge in [-0.25, -0.2) is 4.79 Å². The molecule has 6 nitrogen and oxygen atoms in total. The van der Waals surface area contributed by atoms with E-state index in [1.54, 1.807) is 12.1 Å². The zero-order valence-corrected chi connectivity index (χ0v) is 11.9. The van der Waals surface area contributed by atoms with Crippen LogP contribution in [0.5, 0.6) is 0 Å². The zero-order valence-electron chi connectivity index (χ0n) is 11.1. The predicted octanol–water partition coefficient (Wildman–Crippen LogP) is 1.95. The van der Waals surface area contributed by atoms with Crippen LogP contribution in [0.15, 0.2) is 36.0 Å². The minimum absolute atomic E-state index is 0.0514. The molecule has 0 heterocycles. The van der Waals surface area contributed by atoms with Crippen LogP contribution in [0.1, 0.15) is 16.8 Å². The summed E-state index contributed by atoms with van der Waals surface area (Å²) in [6.45, 7) is 0.552. The van der Waals surface area contributed by atoms with Crippen molar-refractivity contribution in [3.63, 3.8) is 0 Å². The molecule has 1 rings (SSSR count). The van der Waals surface area contributed by atoms with Crippen molar-refractivity contribution in [1.82, 2.24) is 5.32 Å². The van der Waals surface area contributed by atoms with Crippen molar-refractivity contribution in [2.24, 2.45) is 0 Å². The molecule has 110 valence electrons. The van der Waals surface area contributed by atoms with Crippen LogP contribution in [0.25, 0.3) is 0 Å². The number of alkyl halides is 1. The molecule has 0 spiro atoms. The lowest BCUT2D eigenvalue weighted by molar-refractivity contribution is -0.112. The average Bonchev–Trinajstić information content (AvgIpc) is 2.47. The molecule has 0 fully saturated rings. The fourth-order valence-electron chi connectivity index (χ4n) is 1.42. The number of anilines is 1. The van der Waals surface area contributed by atoms with E-state index in [-0.39, 0.29) is 11.1 Å². The van der Waals surface area contributed by atoms with Crippen molar-refractivity contribution in [3.8, 4) is 6.07 Å². The third-order valence-electron chi connectivity index (χ3n) is 2.43. The highest BCUT2D eigenvalue weighted by atomic mass is 35.5. The Morgan fingerprint density at radius 1 is 1.43 bits per heavy atom. The largest absolute Gasteiger partial charge is 0.478 e. The third-order valence-corrected chi connectivity index (χ3v) is 2.70. The monoisotopic (exact) mass is 307 g/mol. The normalized spacial score (nSPS) is 10.6. The molecule has 0 aliphatic rings. The van der Waals surface area contributed by atoms with Crippen LogP contribution in [0.3, 0.4) is 0 Å². The molecule has 7 heteroatoms. The minimum Gasteiger partial charge on any atom is -0.478 e. The van der Waals surface area contributed by atoms with Gasteiger partial charge < -0.3 is 15.7 Å². The van der Waals surface area contributed by atoms with Crippen LogP contribution in [-0.4, -0.2) is 29.4 Å². The maximum Gasteiger partial charge on any atom is 0.335 e. The molecule has 1 aromatic carbocycles. The lowest BCUT2D eigenvalue weighted by Crippen LogP contribution is -2.17. The number of hydrogen-bond acceptors (Lipinski definition) is 4. The van der Waals surface area contributed by atoms with Crippen LogP contribution in [0, 0.1) is 11.3 Å². The van der Waals surface area contributed by atoms with E-state index in [1.165, 1.54) is 24.4 Å². The molecular weight excluding hydrogens is 294 g/mol. The molecule has 1 amide bonds. The summed E-state index contributed by atoms with van der Waals surface area (Å²) in [4.78, 5) is 22.7. The Hall–Kier alpha value is -2.52. The SMILES string of the molecule is N#C/C(=C/NCCCCl)C(=O)Nc1cccc(C(=O)O)c1. The summed E-state index contributed by atoms with van der Waals surface area (Å²) in [5, 5.41) is 23.1. The molecule has 1 aromatic rings. The fraction of sp³-hybridized carbons (Fsp3) is 0.214. The summed E-state index contributed by atoms with van der Waals surface area (Å²) in [6.07, 6.45) is 2.02. The Morgan fingerprint density at radius 2 is 2.19 bits per heavy atom. The van der Waals surface area contributed by atoms with Gasteiger partial charge in [0.1, 0.15) is 11.6 Å². The number of halogens is 1. The van der Waals surface area contributed by atoms with E-state index in [9.17, 15) is 9.59 Å². The van der Waals surface area contributed by atoms with E-state index in [2.05, 4.69) is 10.6 Å². The number of nitriles is 1. The molecule has 21 heavy (non-hydrogen) atoms. The molecule has 0 bridgehead atoms. The lowest BCUT2D eigenvalue weighted by atomic mass is 10.2. The van der Waals surface area contributed by atoms with Gasteiger partial charge in [-0.2, -0.15) is 5.26 Å². The third kappa shape index (κ3) is 5.55. The maximum atomic E-state index is 11.9. The van der Waals surface area contributed by atoms with Gasteiger partial charge in [0.15, 0.2) is 0 Å². The van der Waals surface area contributed by atoms with Crippen LogP contribution in [0.2, 0.25) is 0 Å². The number of nitrogens with zero attached hydrogens (tertiary/aromatic N) is 1. The number of carboxylic acid groups (broad SMARTS) is 1. The van der Waals surface area contributed by atoms with Gasteiger partial charge in [0.2, 0.25) is 0 Å². The number of amides is 1. The van der Waals surface area contributed by atoms with Crippen molar-refractivity contribution in [2.45, 2.75) is 6.42 Å². The molecular formula is C14H14ClN3O3. The van der Waals surface area contributed by atoms with Crippen molar-refractivity contribution in [2.75, 3.05) is 17.7 Å². The van der Waals surface area contributed by atoms with Gasteiger partial charge in [0, 0.05) is 24.3 Å². The van der Waals surface area contributed by atoms with Gasteiger partial charge in [0.25, 0.3) is 5.91 Å². The topological polar surface area (TPSA) is 102 Å². The number of carbonyl (C=O) groups excluding carboxylic acids is 1. The first-order valence-corrected chi connectivity index (χ1v) is 6.66. The summed E-state index contributed by atoms with van der Waals surface area (Å²) >= 11 is 5.51. The van der Waals surface area contributed by atoms with E-state index in [4.69, 9.17) is 22.0 Å². The summed E-state index contributed by atoms with van der Waals surface area (Å²) < 4.78 is 0. The second-order valence-electron chi connectivity index (χ2n) is 4.01. The van der Waals surface area contributed by atoms with E-state index < -0.39 is 11.9 Å². The van der Waals surface area contributed by atoms with Gasteiger partial charge >= 0.3 is 5.97 Å². The standard InChI is InChI=1S/C14H14ClN3O3/c15-5-2-6-17-9-11(8-16)13(19)18-12-4-1-3-10(7-12)14(20)21/h1,3-4,7,9,17H,2,5-6H2,(H,18,19)(H,20,21)/b11-9-. The van der Waals surface area contributed by atoms with Crippen molar-refractivity contribution in [1.29, 1.82) is 5.26 Å². The highest BCUT2D eigenvalue weighted by Gasteiger charge is 2.10. The second-order valence-corrected chi connectivity index (χ2v) is 4.38. The van der Waals surface area contributed by atoms with E-state index in [0.717, 1.165) is 0 Å². The zero-order chi connectivity index (χ0) is 15.7. The second kappa shape index (κ2) is 8.61. The maximum absolute atomic E-state index is 11.9. The summed E-state index contributed by atoms with van der Waals surface area (Å²) in [5.41, 5.74) is 0.252. The number of carboxylic acids is 1. The lowest BCUT2D eigenvalue weighted by Gasteiger charge is -2.05. The summed E-state index contributed by atoms with van der Waals surface area (Å²) in [7, 11) is 0. The summed E-state index contributed by atoms with van der Waals surface area (Å²) in [5.74, 6) is -1.22. The Balaban J connectivity index is 2.72. The van der Waals surface area contributed by atoms with Crippen molar-refractivity contribution < 1.29 is 14.7 Å². The molecule has 3 N–H and O–H groups in total. The molecule has 0 atom stereocenters. The van der Waals surface area contributed by atoms with Gasteiger partial charge in [-0.1, -0.05) is 6.07 Å². The highest BCUT2D eigenvalue weighted by molar-refractivity contribution is 6.17. The molecule has 0 aromatic heterocycles. The van der Waals surface area contributed by atoms with E-state index in [0.29, 0.717) is 24.5 Å². The Bertz CT molecular complexity index is 593. The molecule has 0 aliphatic heterocycles. The van der Waals surface area contributed by atoms with Gasteiger partial charge in [-0.3, -0.25) is 4.79 Å². The molecule has 0 saturated carbocycles. The molecule has 0 unspecified atom stereocenters. The van der Waals surface area contributed by atoms with Crippen LogP contribution < -0.4 is 10.6 Å². The Labute approximate surface area is 127 Å². The van der Waals surface area contributed by atoms with Gasteiger partial charge in [-0.05, 0) is 24.6 Å². The minimum atomic E-state index is -1.09. The first-order valence-electron chi connectivity index (χ1n) is 6.12. The van der Waals surface area contributed by atoms with Gasteiger partial charge in [0.05, 0.1) is 5.56 Å². The Kier molecular flexibility index (Phi) is 6.78. The number of aromatic carboxylic acids is 1. The highest BCUT2D eigenvalue weighted by Crippen LogP contribution is 2.11.